The van der Waals surface area contributed by atoms with E-state index < -0.39 is 40.0 Å². The van der Waals surface area contributed by atoms with Crippen LogP contribution in [0.5, 0.6) is 0 Å². The van der Waals surface area contributed by atoms with Crippen molar-refractivity contribution in [2.45, 2.75) is 18.0 Å². The monoisotopic (exact) mass is 390 g/mol. The number of benzene rings is 2. The van der Waals surface area contributed by atoms with E-state index >= 15 is 0 Å². The number of carbonyl (C=O) groups is 1. The van der Waals surface area contributed by atoms with Crippen LogP contribution < -0.4 is 10.0 Å². The Hall–Kier alpha value is -2.46. The molecule has 2 rings (SSSR count). The van der Waals surface area contributed by atoms with Gasteiger partial charge in [-0.2, -0.15) is 13.2 Å². The zero-order chi connectivity index (χ0) is 19.5. The average molecular weight is 390 g/mol. The second kappa shape index (κ2) is 7.42. The lowest BCUT2D eigenvalue weighted by atomic mass is 10.2. The normalized spacial score (nSPS) is 12.0. The summed E-state index contributed by atoms with van der Waals surface area (Å²) in [5, 5.41) is 2.27. The quantitative estimate of drug-likeness (QED) is 0.771. The maximum atomic E-state index is 13.2. The van der Waals surface area contributed by atoms with Crippen molar-refractivity contribution in [3.05, 3.63) is 59.4 Å². The minimum Gasteiger partial charge on any atom is -0.325 e. The van der Waals surface area contributed by atoms with Gasteiger partial charge in [0.2, 0.25) is 15.9 Å². The molecule has 0 aliphatic rings. The van der Waals surface area contributed by atoms with Crippen LogP contribution in [-0.2, 0) is 21.0 Å². The van der Waals surface area contributed by atoms with Gasteiger partial charge in [0.15, 0.2) is 0 Å². The van der Waals surface area contributed by atoms with Gasteiger partial charge in [-0.25, -0.2) is 17.5 Å². The van der Waals surface area contributed by atoms with E-state index in [0.29, 0.717) is 0 Å². The summed E-state index contributed by atoms with van der Waals surface area (Å²) >= 11 is 0. The van der Waals surface area contributed by atoms with Crippen molar-refractivity contribution in [3.63, 3.8) is 0 Å². The summed E-state index contributed by atoms with van der Waals surface area (Å²) in [7, 11) is -4.04. The third-order valence-electron chi connectivity index (χ3n) is 3.36. The molecule has 26 heavy (non-hydrogen) atoms. The molecule has 2 aromatic carbocycles. The molecule has 0 fully saturated rings. The van der Waals surface area contributed by atoms with E-state index in [1.54, 1.807) is 0 Å². The molecule has 0 saturated carbocycles. The van der Waals surface area contributed by atoms with E-state index in [1.165, 1.54) is 6.92 Å². The van der Waals surface area contributed by atoms with E-state index in [4.69, 9.17) is 0 Å². The van der Waals surface area contributed by atoms with Crippen molar-refractivity contribution in [1.29, 1.82) is 0 Å². The standard InChI is InChI=1S/C16H14F4N2O3S/c1-10-8-13(6-7-14(10)17)26(24,25)21-9-15(23)22-12-4-2-11(3-5-12)16(18,19)20/h2-8,21H,9H2,1H3,(H,22,23). The number of hydrogen-bond acceptors (Lipinski definition) is 3. The Morgan fingerprint density at radius 3 is 2.23 bits per heavy atom. The second-order valence-electron chi connectivity index (χ2n) is 5.36. The minimum absolute atomic E-state index is 0.0832. The Labute approximate surface area is 147 Å². The Morgan fingerprint density at radius 1 is 1.08 bits per heavy atom. The molecule has 0 aliphatic carbocycles. The van der Waals surface area contributed by atoms with Crippen molar-refractivity contribution in [3.8, 4) is 0 Å². The van der Waals surface area contributed by atoms with Gasteiger partial charge in [-0.1, -0.05) is 0 Å². The third-order valence-corrected chi connectivity index (χ3v) is 4.76. The molecule has 0 aliphatic heterocycles. The number of rotatable bonds is 5. The van der Waals surface area contributed by atoms with E-state index in [1.807, 2.05) is 4.72 Å². The predicted molar refractivity (Wildman–Crippen MR) is 86.4 cm³/mol. The number of carbonyl (C=O) groups excluding carboxylic acids is 1. The van der Waals surface area contributed by atoms with Gasteiger partial charge in [0.05, 0.1) is 17.0 Å². The molecule has 0 bridgehead atoms. The maximum absolute atomic E-state index is 13.2. The zero-order valence-corrected chi connectivity index (χ0v) is 14.2. The van der Waals surface area contributed by atoms with Gasteiger partial charge in [-0.05, 0) is 55.0 Å². The highest BCUT2D eigenvalue weighted by molar-refractivity contribution is 7.89. The van der Waals surface area contributed by atoms with Crippen LogP contribution in [0.15, 0.2) is 47.4 Å². The van der Waals surface area contributed by atoms with Crippen LogP contribution in [0.4, 0.5) is 23.2 Å². The van der Waals surface area contributed by atoms with Crippen LogP contribution in [0.25, 0.3) is 0 Å². The summed E-state index contributed by atoms with van der Waals surface area (Å²) in [5.41, 5.74) is -0.662. The van der Waals surface area contributed by atoms with Gasteiger partial charge in [-0.3, -0.25) is 4.79 Å². The molecule has 0 radical (unpaired) electrons. The van der Waals surface area contributed by atoms with Crippen LogP contribution in [-0.4, -0.2) is 20.9 Å². The summed E-state index contributed by atoms with van der Waals surface area (Å²) in [5.74, 6) is -1.34. The first kappa shape index (κ1) is 19.9. The molecule has 0 saturated heterocycles. The molecule has 0 aromatic heterocycles. The van der Waals surface area contributed by atoms with Crippen LogP contribution >= 0.6 is 0 Å². The van der Waals surface area contributed by atoms with Crippen LogP contribution in [0.2, 0.25) is 0 Å². The van der Waals surface area contributed by atoms with Crippen molar-refractivity contribution < 1.29 is 30.8 Å². The Kier molecular flexibility index (Phi) is 5.67. The van der Waals surface area contributed by atoms with E-state index in [9.17, 15) is 30.8 Å². The fraction of sp³-hybridized carbons (Fsp3) is 0.188. The summed E-state index contributed by atoms with van der Waals surface area (Å²) in [4.78, 5) is 11.6. The lowest BCUT2D eigenvalue weighted by Gasteiger charge is -2.10. The Morgan fingerprint density at radius 2 is 1.69 bits per heavy atom. The van der Waals surface area contributed by atoms with Gasteiger partial charge in [0.1, 0.15) is 5.82 Å². The highest BCUT2D eigenvalue weighted by Gasteiger charge is 2.30. The number of nitrogens with one attached hydrogen (secondary N) is 2. The van der Waals surface area contributed by atoms with Crippen molar-refractivity contribution in [1.82, 2.24) is 4.72 Å². The smallest absolute Gasteiger partial charge is 0.325 e. The van der Waals surface area contributed by atoms with Crippen LogP contribution in [0, 0.1) is 12.7 Å². The first-order valence-electron chi connectivity index (χ1n) is 7.22. The molecule has 0 spiro atoms. The first-order valence-corrected chi connectivity index (χ1v) is 8.70. The number of alkyl halides is 3. The molecule has 140 valence electrons. The number of sulfonamides is 1. The van der Waals surface area contributed by atoms with Gasteiger partial charge < -0.3 is 5.32 Å². The van der Waals surface area contributed by atoms with Crippen molar-refractivity contribution in [2.75, 3.05) is 11.9 Å². The molecule has 5 nitrogen and oxygen atoms in total. The number of halogens is 4. The van der Waals surface area contributed by atoms with E-state index in [0.717, 1.165) is 42.5 Å². The molecule has 2 N–H and O–H groups in total. The Bertz CT molecular complexity index is 910. The highest BCUT2D eigenvalue weighted by atomic mass is 32.2. The fourth-order valence-corrected chi connectivity index (χ4v) is 3.04. The summed E-state index contributed by atoms with van der Waals surface area (Å²) in [6.07, 6.45) is -4.49. The number of anilines is 1. The molecule has 10 heteroatoms. The first-order chi connectivity index (χ1) is 12.0. The molecule has 2 aromatic rings. The van der Waals surface area contributed by atoms with Gasteiger partial charge in [0.25, 0.3) is 0 Å². The van der Waals surface area contributed by atoms with Gasteiger partial charge >= 0.3 is 6.18 Å². The molecule has 0 unspecified atom stereocenters. The van der Waals surface area contributed by atoms with E-state index in [-0.39, 0.29) is 16.1 Å². The van der Waals surface area contributed by atoms with Crippen LogP contribution in [0.1, 0.15) is 11.1 Å². The van der Waals surface area contributed by atoms with Crippen molar-refractivity contribution >= 4 is 21.6 Å². The Balaban J connectivity index is 1.98. The van der Waals surface area contributed by atoms with Crippen molar-refractivity contribution in [2.24, 2.45) is 0 Å². The summed E-state index contributed by atoms with van der Waals surface area (Å²) in [6.45, 7) is 0.755. The molecule has 1 amide bonds. The SMILES string of the molecule is Cc1cc(S(=O)(=O)NCC(=O)Nc2ccc(C(F)(F)F)cc2)ccc1F. The van der Waals surface area contributed by atoms with Gasteiger partial charge in [0, 0.05) is 5.69 Å². The second-order valence-corrected chi connectivity index (χ2v) is 7.13. The largest absolute Gasteiger partial charge is 0.416 e. The van der Waals surface area contributed by atoms with Gasteiger partial charge in [-0.15, -0.1) is 0 Å². The third kappa shape index (κ3) is 5.02. The average Bonchev–Trinajstić information content (AvgIpc) is 2.55. The maximum Gasteiger partial charge on any atom is 0.416 e. The lowest BCUT2D eigenvalue weighted by molar-refractivity contribution is -0.137. The fourth-order valence-electron chi connectivity index (χ4n) is 1.98. The van der Waals surface area contributed by atoms with E-state index in [2.05, 4.69) is 5.32 Å². The summed E-state index contributed by atoms with van der Waals surface area (Å²) in [6, 6.07) is 6.86. The highest BCUT2D eigenvalue weighted by Crippen LogP contribution is 2.29. The lowest BCUT2D eigenvalue weighted by Crippen LogP contribution is -2.33. The molecule has 0 atom stereocenters. The molecular weight excluding hydrogens is 376 g/mol. The topological polar surface area (TPSA) is 75.3 Å². The molecular formula is C16H14F4N2O3S. The minimum atomic E-state index is -4.49. The number of aryl methyl sites for hydroxylation is 1. The zero-order valence-electron chi connectivity index (χ0n) is 13.4. The number of amides is 1. The predicted octanol–water partition coefficient (Wildman–Crippen LogP) is 3.07. The number of hydrogen-bond donors (Lipinski definition) is 2. The molecule has 0 heterocycles. The summed E-state index contributed by atoms with van der Waals surface area (Å²) < 4.78 is 76.8. The van der Waals surface area contributed by atoms with Crippen LogP contribution in [0.3, 0.4) is 0 Å².